The first-order valence-electron chi connectivity index (χ1n) is 5.23. The second-order valence-corrected chi connectivity index (χ2v) is 4.46. The van der Waals surface area contributed by atoms with Crippen LogP contribution in [-0.2, 0) is 17.5 Å². The number of hydrogen-bond acceptors (Lipinski definition) is 3. The molecule has 1 aromatic carbocycles. The molecule has 0 spiro atoms. The smallest absolute Gasteiger partial charge is 0.416 e. The number of hydrogen-bond donors (Lipinski definition) is 0. The number of oxazole rings is 1. The van der Waals surface area contributed by atoms with Gasteiger partial charge in [0.15, 0.2) is 4.67 Å². The molecule has 102 valence electrons. The molecule has 0 unspecified atom stereocenters. The van der Waals surface area contributed by atoms with Crippen LogP contribution >= 0.6 is 15.9 Å². The monoisotopic (exact) mass is 335 g/mol. The SMILES string of the molecule is COCc1nc(-c2ccc(C(F)(F)F)cc2)c(Br)o1. The van der Waals surface area contributed by atoms with Gasteiger partial charge in [0.25, 0.3) is 0 Å². The molecule has 0 N–H and O–H groups in total. The van der Waals surface area contributed by atoms with Crippen molar-refractivity contribution in [2.24, 2.45) is 0 Å². The number of rotatable bonds is 3. The van der Waals surface area contributed by atoms with Crippen molar-refractivity contribution in [3.05, 3.63) is 40.4 Å². The van der Waals surface area contributed by atoms with Crippen molar-refractivity contribution < 1.29 is 22.3 Å². The lowest BCUT2D eigenvalue weighted by Gasteiger charge is -2.06. The predicted octanol–water partition coefficient (Wildman–Crippen LogP) is 4.27. The molecular formula is C12H9BrF3NO2. The van der Waals surface area contributed by atoms with Gasteiger partial charge in [-0.3, -0.25) is 0 Å². The second-order valence-electron chi connectivity index (χ2n) is 3.74. The van der Waals surface area contributed by atoms with Gasteiger partial charge in [0.1, 0.15) is 12.3 Å². The Morgan fingerprint density at radius 1 is 1.26 bits per heavy atom. The van der Waals surface area contributed by atoms with Gasteiger partial charge in [0, 0.05) is 12.7 Å². The van der Waals surface area contributed by atoms with Gasteiger partial charge < -0.3 is 9.15 Å². The van der Waals surface area contributed by atoms with Crippen molar-refractivity contribution in [3.8, 4) is 11.3 Å². The molecule has 0 radical (unpaired) electrons. The molecule has 0 aliphatic rings. The summed E-state index contributed by atoms with van der Waals surface area (Å²) in [7, 11) is 1.50. The Morgan fingerprint density at radius 3 is 2.42 bits per heavy atom. The summed E-state index contributed by atoms with van der Waals surface area (Å²) in [5, 5.41) is 0. The van der Waals surface area contributed by atoms with Gasteiger partial charge in [-0.1, -0.05) is 12.1 Å². The molecule has 0 atom stereocenters. The number of aromatic nitrogens is 1. The van der Waals surface area contributed by atoms with Crippen LogP contribution in [-0.4, -0.2) is 12.1 Å². The maximum atomic E-state index is 12.4. The van der Waals surface area contributed by atoms with Crippen LogP contribution in [0.25, 0.3) is 11.3 Å². The average Bonchev–Trinajstić information content (AvgIpc) is 2.70. The first kappa shape index (κ1) is 14.1. The van der Waals surface area contributed by atoms with Crippen molar-refractivity contribution in [2.45, 2.75) is 12.8 Å². The summed E-state index contributed by atoms with van der Waals surface area (Å²) < 4.78 is 47.8. The Labute approximate surface area is 115 Å². The second kappa shape index (κ2) is 5.34. The maximum Gasteiger partial charge on any atom is 0.416 e. The highest BCUT2D eigenvalue weighted by Gasteiger charge is 2.30. The number of alkyl halides is 3. The number of nitrogens with zero attached hydrogens (tertiary/aromatic N) is 1. The molecule has 0 saturated heterocycles. The first-order valence-corrected chi connectivity index (χ1v) is 6.03. The molecule has 0 bridgehead atoms. The van der Waals surface area contributed by atoms with Gasteiger partial charge >= 0.3 is 6.18 Å². The van der Waals surface area contributed by atoms with Crippen molar-refractivity contribution in [1.82, 2.24) is 4.98 Å². The summed E-state index contributed by atoms with van der Waals surface area (Å²) in [6, 6.07) is 4.71. The minimum Gasteiger partial charge on any atom is -0.431 e. The van der Waals surface area contributed by atoms with Gasteiger partial charge in [-0.05, 0) is 28.1 Å². The van der Waals surface area contributed by atoms with Crippen LogP contribution in [0.4, 0.5) is 13.2 Å². The highest BCUT2D eigenvalue weighted by atomic mass is 79.9. The minimum absolute atomic E-state index is 0.194. The molecule has 19 heavy (non-hydrogen) atoms. The van der Waals surface area contributed by atoms with Crippen molar-refractivity contribution in [1.29, 1.82) is 0 Å². The Bertz CT molecular complexity index is 563. The predicted molar refractivity (Wildman–Crippen MR) is 65.4 cm³/mol. The van der Waals surface area contributed by atoms with Crippen molar-refractivity contribution >= 4 is 15.9 Å². The maximum absolute atomic E-state index is 12.4. The van der Waals surface area contributed by atoms with E-state index in [0.717, 1.165) is 12.1 Å². The zero-order valence-electron chi connectivity index (χ0n) is 9.79. The van der Waals surface area contributed by atoms with E-state index >= 15 is 0 Å². The average molecular weight is 336 g/mol. The van der Waals surface area contributed by atoms with E-state index < -0.39 is 11.7 Å². The zero-order valence-corrected chi connectivity index (χ0v) is 11.4. The summed E-state index contributed by atoms with van der Waals surface area (Å²) in [4.78, 5) is 4.14. The van der Waals surface area contributed by atoms with E-state index in [2.05, 4.69) is 20.9 Å². The number of halogens is 4. The van der Waals surface area contributed by atoms with Crippen LogP contribution in [0.3, 0.4) is 0 Å². The molecule has 0 aliphatic heterocycles. The summed E-state index contributed by atoms with van der Waals surface area (Å²) >= 11 is 3.17. The van der Waals surface area contributed by atoms with Crippen LogP contribution in [0.5, 0.6) is 0 Å². The van der Waals surface area contributed by atoms with E-state index in [4.69, 9.17) is 9.15 Å². The van der Waals surface area contributed by atoms with Gasteiger partial charge in [-0.15, -0.1) is 0 Å². The van der Waals surface area contributed by atoms with Crippen LogP contribution in [0.15, 0.2) is 33.4 Å². The molecule has 2 rings (SSSR count). The van der Waals surface area contributed by atoms with E-state index in [1.807, 2.05) is 0 Å². The molecule has 1 aromatic heterocycles. The topological polar surface area (TPSA) is 35.3 Å². The number of ether oxygens (including phenoxy) is 1. The summed E-state index contributed by atoms with van der Waals surface area (Å²) in [5.74, 6) is 0.351. The Hall–Kier alpha value is -1.34. The molecule has 2 aromatic rings. The standard InChI is InChI=1S/C12H9BrF3NO2/c1-18-6-9-17-10(11(13)19-9)7-2-4-8(5-3-7)12(14,15)16/h2-5H,6H2,1H3. The number of methoxy groups -OCH3 is 1. The van der Waals surface area contributed by atoms with Crippen LogP contribution < -0.4 is 0 Å². The van der Waals surface area contributed by atoms with Crippen molar-refractivity contribution in [3.63, 3.8) is 0 Å². The highest BCUT2D eigenvalue weighted by Crippen LogP contribution is 2.33. The third kappa shape index (κ3) is 3.16. The summed E-state index contributed by atoms with van der Waals surface area (Å²) in [5.41, 5.74) is 0.278. The van der Waals surface area contributed by atoms with Crippen LogP contribution in [0.1, 0.15) is 11.5 Å². The fraction of sp³-hybridized carbons (Fsp3) is 0.250. The Morgan fingerprint density at radius 2 is 1.89 bits per heavy atom. The lowest BCUT2D eigenvalue weighted by Crippen LogP contribution is -2.04. The first-order chi connectivity index (χ1) is 8.91. The normalized spacial score (nSPS) is 11.8. The Kier molecular flexibility index (Phi) is 3.96. The zero-order chi connectivity index (χ0) is 14.0. The molecule has 0 amide bonds. The van der Waals surface area contributed by atoms with Gasteiger partial charge in [0.05, 0.1) is 5.56 Å². The lowest BCUT2D eigenvalue weighted by atomic mass is 10.1. The molecule has 3 nitrogen and oxygen atoms in total. The van der Waals surface area contributed by atoms with E-state index in [-0.39, 0.29) is 6.61 Å². The quantitative estimate of drug-likeness (QED) is 0.840. The van der Waals surface area contributed by atoms with E-state index in [1.165, 1.54) is 19.2 Å². The highest BCUT2D eigenvalue weighted by molar-refractivity contribution is 9.10. The molecule has 0 aliphatic carbocycles. The third-order valence-corrected chi connectivity index (χ3v) is 2.92. The molecular weight excluding hydrogens is 327 g/mol. The number of benzene rings is 1. The van der Waals surface area contributed by atoms with Crippen LogP contribution in [0.2, 0.25) is 0 Å². The fourth-order valence-corrected chi connectivity index (χ4v) is 2.03. The van der Waals surface area contributed by atoms with E-state index in [0.29, 0.717) is 21.8 Å². The molecule has 1 heterocycles. The third-order valence-electron chi connectivity index (χ3n) is 2.38. The van der Waals surface area contributed by atoms with Gasteiger partial charge in [-0.25, -0.2) is 4.98 Å². The van der Waals surface area contributed by atoms with Crippen molar-refractivity contribution in [2.75, 3.05) is 7.11 Å². The van der Waals surface area contributed by atoms with Gasteiger partial charge in [-0.2, -0.15) is 13.2 Å². The summed E-state index contributed by atoms with van der Waals surface area (Å²) in [6.07, 6.45) is -4.35. The molecule has 0 fully saturated rings. The summed E-state index contributed by atoms with van der Waals surface area (Å²) in [6.45, 7) is 0.194. The minimum atomic E-state index is -4.35. The fourth-order valence-electron chi connectivity index (χ4n) is 1.52. The van der Waals surface area contributed by atoms with E-state index in [9.17, 15) is 13.2 Å². The molecule has 0 saturated carbocycles. The van der Waals surface area contributed by atoms with Crippen LogP contribution in [0, 0.1) is 0 Å². The Balaban J connectivity index is 2.32. The van der Waals surface area contributed by atoms with Gasteiger partial charge in [0.2, 0.25) is 5.89 Å². The molecule has 7 heteroatoms. The lowest BCUT2D eigenvalue weighted by molar-refractivity contribution is -0.137. The largest absolute Gasteiger partial charge is 0.431 e. The van der Waals surface area contributed by atoms with E-state index in [1.54, 1.807) is 0 Å².